The molecule has 16 heteroatoms. The normalized spacial score (nSPS) is 19.3. The molecule has 494 valence electrons. The van der Waals surface area contributed by atoms with Crippen molar-refractivity contribution in [2.75, 3.05) is 19.7 Å². The summed E-state index contributed by atoms with van der Waals surface area (Å²) < 4.78 is 13.4. The molecular weight excluding hydrogens is 1210 g/mol. The van der Waals surface area contributed by atoms with Gasteiger partial charge in [-0.2, -0.15) is 10.1 Å². The molecule has 8 atom stereocenters. The first-order valence-corrected chi connectivity index (χ1v) is 38.8. The fourth-order valence-electron chi connectivity index (χ4n) is 11.7. The number of carbonyl (C=O) groups excluding carboxylic acids is 3. The monoisotopic (exact) mass is 1300 g/mol. The number of aldehydes is 1. The highest BCUT2D eigenvalue weighted by Crippen LogP contribution is 2.42. The second-order valence-electron chi connectivity index (χ2n) is 28.3. The lowest BCUT2D eigenvalue weighted by Crippen LogP contribution is -2.50. The summed E-state index contributed by atoms with van der Waals surface area (Å²) in [5.74, 6) is 11.4. The van der Waals surface area contributed by atoms with Gasteiger partial charge in [0.1, 0.15) is 30.6 Å². The predicted molar refractivity (Wildman–Crippen MR) is 381 cm³/mol. The van der Waals surface area contributed by atoms with E-state index in [0.717, 1.165) is 72.6 Å². The molecule has 2 fully saturated rings. The zero-order chi connectivity index (χ0) is 67.5. The summed E-state index contributed by atoms with van der Waals surface area (Å²) in [5.41, 5.74) is 12.5. The van der Waals surface area contributed by atoms with Crippen molar-refractivity contribution in [2.45, 2.75) is 168 Å². The number of hydrogen-bond acceptors (Lipinski definition) is 10. The minimum atomic E-state index is -2.17. The van der Waals surface area contributed by atoms with Gasteiger partial charge in [0, 0.05) is 75.5 Å². The van der Waals surface area contributed by atoms with Gasteiger partial charge in [0.2, 0.25) is 11.8 Å². The summed E-state index contributed by atoms with van der Waals surface area (Å²) in [7, 11) is -4.31. The number of nitrogens with one attached hydrogen (secondary N) is 4. The van der Waals surface area contributed by atoms with Crippen molar-refractivity contribution < 1.29 is 38.0 Å². The van der Waals surface area contributed by atoms with Crippen molar-refractivity contribution in [3.63, 3.8) is 0 Å². The second kappa shape index (κ2) is 30.8. The van der Waals surface area contributed by atoms with Gasteiger partial charge in [-0.15, -0.1) is 0 Å². The Bertz CT molecular complexity index is 3980. The summed E-state index contributed by atoms with van der Waals surface area (Å²) in [6.07, 6.45) is 4.45. The number of benzene rings is 6. The third-order valence-electron chi connectivity index (χ3n) is 19.2. The van der Waals surface area contributed by atoms with E-state index >= 15 is 0 Å². The maximum absolute atomic E-state index is 13.9. The van der Waals surface area contributed by atoms with Crippen LogP contribution in [-0.2, 0) is 58.8 Å². The van der Waals surface area contributed by atoms with Crippen LogP contribution in [0.25, 0.3) is 21.8 Å². The van der Waals surface area contributed by atoms with Gasteiger partial charge in [0.15, 0.2) is 16.6 Å². The van der Waals surface area contributed by atoms with Crippen LogP contribution in [0.1, 0.15) is 111 Å². The highest BCUT2D eigenvalue weighted by Gasteiger charge is 2.53. The Morgan fingerprint density at radius 1 is 0.564 bits per heavy atom. The molecule has 2 amide bonds. The molecule has 2 saturated heterocycles. The number of H-pyrrole nitrogens is 2. The molecule has 4 heterocycles. The van der Waals surface area contributed by atoms with Gasteiger partial charge in [-0.1, -0.05) is 161 Å². The Labute approximate surface area is 559 Å². The number of aliphatic hydroxyl groups is 1. The lowest BCUT2D eigenvalue weighted by molar-refractivity contribution is -0.190. The first-order chi connectivity index (χ1) is 44.7. The number of aromatic nitrogens is 2. The lowest BCUT2D eigenvalue weighted by atomic mass is 9.92. The maximum atomic E-state index is 13.9. The molecule has 5 N–H and O–H groups in total. The molecule has 8 aromatic rings. The number of carbonyl (C=O) groups is 3. The number of para-hydroxylation sites is 2. The molecule has 6 aromatic carbocycles. The number of hydrogen-bond donors (Lipinski definition) is 5. The SMILES string of the molecule is Cc1ccc(C#Cc2ccc(CN3O[C@@H]([C@H](C)O[Si](C)(C)C(C)(C)C)[C@@H](C=O)[C@H]3C(=O)NCCc3c[nH]c4ccccc34)cc2)cc1.Cc1ccc(C#Cc2ccc(CN3O[C@@H]([C@H](C)O[Si](C)(C)C(C)(C)C)[C@@H](CO)[C@H]3C(=O)NCCc3c[nH]c4ccccc34)cc2)cc1. The number of aromatic amines is 2. The number of rotatable bonds is 20. The molecule has 0 aliphatic carbocycles. The molecule has 2 aromatic heterocycles. The minimum Gasteiger partial charge on any atom is -0.411 e. The van der Waals surface area contributed by atoms with Gasteiger partial charge < -0.3 is 39.4 Å². The van der Waals surface area contributed by atoms with E-state index in [2.05, 4.69) is 162 Å². The first kappa shape index (κ1) is 70.6. The van der Waals surface area contributed by atoms with E-state index in [1.807, 2.05) is 135 Å². The average Bonchev–Trinajstić information content (AvgIpc) is 1.65. The van der Waals surface area contributed by atoms with Crippen LogP contribution in [0.2, 0.25) is 36.3 Å². The Morgan fingerprint density at radius 2 is 0.926 bits per heavy atom. The lowest BCUT2D eigenvalue weighted by Gasteiger charge is -2.40. The molecule has 14 nitrogen and oxygen atoms in total. The van der Waals surface area contributed by atoms with E-state index in [1.165, 1.54) is 11.1 Å². The van der Waals surface area contributed by atoms with Crippen LogP contribution >= 0.6 is 0 Å². The predicted octanol–water partition coefficient (Wildman–Crippen LogP) is 13.7. The fraction of sp³-hybridized carbons (Fsp3) is 0.397. The zero-order valence-corrected chi connectivity index (χ0v) is 59.4. The van der Waals surface area contributed by atoms with Gasteiger partial charge in [-0.3, -0.25) is 19.3 Å². The summed E-state index contributed by atoms with van der Waals surface area (Å²) in [6, 6.07) is 47.1. The number of hydroxylamine groups is 4. The number of fused-ring (bicyclic) bond motifs is 2. The van der Waals surface area contributed by atoms with Gasteiger partial charge in [0.05, 0.1) is 37.8 Å². The van der Waals surface area contributed by atoms with E-state index in [1.54, 1.807) is 10.1 Å². The molecule has 10 rings (SSSR count). The molecule has 0 spiro atoms. The number of aryl methyl sites for hydroxylation is 2. The zero-order valence-electron chi connectivity index (χ0n) is 57.4. The standard InChI is InChI=1S/C39H49N3O4Si.C39H47N3O4Si/c2*1-27-12-14-29(15-13-27)16-17-30-18-20-31(21-19-30)25-42-36(34(26-43)37(45-42)28(2)46-47(6,7)39(3,4)5)38(44)40-23-22-32-24-41-35-11-9-8-10-33(32)35/h8-15,18-21,24,28,34,36-37,41,43H,22-23,25-26H2,1-7H3,(H,40,44);8-15,18-21,24,26,28,34,36-37,41H,22-23,25H2,1-7H3,(H,40,44)/t2*28-,34-,36-,37-/m00/s1. The van der Waals surface area contributed by atoms with Gasteiger partial charge in [-0.25, -0.2) is 0 Å². The highest BCUT2D eigenvalue weighted by atomic mass is 28.4. The molecule has 0 radical (unpaired) electrons. The van der Waals surface area contributed by atoms with Crippen LogP contribution in [-0.4, -0.2) is 116 Å². The third-order valence-corrected chi connectivity index (χ3v) is 28.4. The molecule has 0 bridgehead atoms. The summed E-state index contributed by atoms with van der Waals surface area (Å²) in [4.78, 5) is 60.1. The van der Waals surface area contributed by atoms with Crippen molar-refractivity contribution in [2.24, 2.45) is 11.8 Å². The average molecular weight is 1300 g/mol. The minimum absolute atomic E-state index is 0.0114. The quantitative estimate of drug-likeness (QED) is 0.0281. The molecule has 0 unspecified atom stereocenters. The van der Waals surface area contributed by atoms with E-state index in [-0.39, 0.29) is 40.7 Å². The Morgan fingerprint density at radius 3 is 1.32 bits per heavy atom. The van der Waals surface area contributed by atoms with Crippen LogP contribution < -0.4 is 10.6 Å². The second-order valence-corrected chi connectivity index (χ2v) is 37.8. The molecule has 2 aliphatic heterocycles. The van der Waals surface area contributed by atoms with Crippen LogP contribution in [0.15, 0.2) is 158 Å². The Hall–Kier alpha value is -7.72. The number of aliphatic hydroxyl groups excluding tert-OH is 1. The van der Waals surface area contributed by atoms with Crippen LogP contribution in [0, 0.1) is 49.4 Å². The van der Waals surface area contributed by atoms with E-state index < -0.39 is 52.8 Å². The van der Waals surface area contributed by atoms with E-state index in [0.29, 0.717) is 39.0 Å². The van der Waals surface area contributed by atoms with Crippen LogP contribution in [0.3, 0.4) is 0 Å². The van der Waals surface area contributed by atoms with Gasteiger partial charge in [0.25, 0.3) is 0 Å². The molecule has 0 saturated carbocycles. The van der Waals surface area contributed by atoms with Gasteiger partial charge >= 0.3 is 0 Å². The number of amides is 2. The largest absolute Gasteiger partial charge is 0.411 e. The Balaban J connectivity index is 0.000000221. The van der Waals surface area contributed by atoms with Crippen molar-refractivity contribution in [3.05, 3.63) is 214 Å². The maximum Gasteiger partial charge on any atom is 0.240 e. The third kappa shape index (κ3) is 17.6. The molecule has 94 heavy (non-hydrogen) atoms. The highest BCUT2D eigenvalue weighted by molar-refractivity contribution is 6.74. The summed E-state index contributed by atoms with van der Waals surface area (Å²) in [5, 5.41) is 22.6. The van der Waals surface area contributed by atoms with Gasteiger partial charge in [-0.05, 0) is 160 Å². The molecular formula is C78H96N6O8Si2. The van der Waals surface area contributed by atoms with Crippen molar-refractivity contribution in [1.29, 1.82) is 0 Å². The smallest absolute Gasteiger partial charge is 0.240 e. The van der Waals surface area contributed by atoms with Crippen molar-refractivity contribution in [3.8, 4) is 23.7 Å². The van der Waals surface area contributed by atoms with Crippen molar-refractivity contribution in [1.82, 2.24) is 30.7 Å². The van der Waals surface area contributed by atoms with Crippen LogP contribution in [0.4, 0.5) is 0 Å². The molecule has 2 aliphatic rings. The first-order valence-electron chi connectivity index (χ1n) is 33.0. The van der Waals surface area contributed by atoms with E-state index in [4.69, 9.17) is 18.5 Å². The summed E-state index contributed by atoms with van der Waals surface area (Å²) >= 11 is 0. The number of nitrogens with zero attached hydrogens (tertiary/aromatic N) is 2. The topological polar surface area (TPSA) is 170 Å². The summed E-state index contributed by atoms with van der Waals surface area (Å²) in [6.45, 7) is 31.5. The van der Waals surface area contributed by atoms with Crippen LogP contribution in [0.5, 0.6) is 0 Å². The van der Waals surface area contributed by atoms with Crippen molar-refractivity contribution >= 4 is 56.5 Å². The fourth-order valence-corrected chi connectivity index (χ4v) is 14.5. The van der Waals surface area contributed by atoms with E-state index in [9.17, 15) is 19.5 Å². The Kier molecular flexibility index (Phi) is 23.1.